The molecule has 0 fully saturated rings. The van der Waals surface area contributed by atoms with Crippen molar-refractivity contribution in [3.8, 4) is 5.75 Å². The van der Waals surface area contributed by atoms with Crippen molar-refractivity contribution in [1.29, 1.82) is 0 Å². The fourth-order valence-electron chi connectivity index (χ4n) is 5.16. The zero-order valence-electron chi connectivity index (χ0n) is 22.7. The molecule has 1 aliphatic heterocycles. The number of carbonyl (C=O) groups is 2. The second-order valence-electron chi connectivity index (χ2n) is 9.39. The highest BCUT2D eigenvalue weighted by molar-refractivity contribution is 7.07. The van der Waals surface area contributed by atoms with Gasteiger partial charge in [0.15, 0.2) is 4.80 Å². The average molecular weight is 556 g/mol. The first kappa shape index (κ1) is 27.1. The summed E-state index contributed by atoms with van der Waals surface area (Å²) in [5.74, 6) is -0.623. The number of fused-ring (bicyclic) bond motifs is 2. The third-order valence-electron chi connectivity index (χ3n) is 7.18. The molecule has 0 saturated carbocycles. The minimum absolute atomic E-state index is 0.164. The Labute approximate surface area is 234 Å². The number of hydrogen-bond acceptors (Lipinski definition) is 6. The van der Waals surface area contributed by atoms with E-state index in [0.717, 1.165) is 16.3 Å². The van der Waals surface area contributed by atoms with Gasteiger partial charge in [-0.05, 0) is 61.4 Å². The molecule has 40 heavy (non-hydrogen) atoms. The van der Waals surface area contributed by atoms with Crippen molar-refractivity contribution in [2.24, 2.45) is 4.99 Å². The highest BCUT2D eigenvalue weighted by Crippen LogP contribution is 2.40. The van der Waals surface area contributed by atoms with Crippen LogP contribution in [0.3, 0.4) is 0 Å². The van der Waals surface area contributed by atoms with Crippen molar-refractivity contribution in [2.45, 2.75) is 26.8 Å². The molecule has 2 heterocycles. The minimum atomic E-state index is -1.02. The Morgan fingerprint density at radius 3 is 2.42 bits per heavy atom. The molecule has 5 rings (SSSR count). The molecule has 0 aliphatic carbocycles. The Morgan fingerprint density at radius 1 is 1.07 bits per heavy atom. The van der Waals surface area contributed by atoms with E-state index in [0.29, 0.717) is 45.0 Å². The van der Waals surface area contributed by atoms with Crippen LogP contribution in [-0.2, 0) is 4.79 Å². The van der Waals surface area contributed by atoms with Crippen LogP contribution in [0.5, 0.6) is 5.75 Å². The van der Waals surface area contributed by atoms with Crippen molar-refractivity contribution >= 4 is 40.1 Å². The van der Waals surface area contributed by atoms with E-state index < -0.39 is 12.0 Å². The molecule has 1 N–H and O–H groups in total. The zero-order valence-corrected chi connectivity index (χ0v) is 23.5. The van der Waals surface area contributed by atoms with Crippen LogP contribution in [0.15, 0.2) is 81.7 Å². The first-order chi connectivity index (χ1) is 19.3. The molecule has 4 aromatic rings. The maximum atomic E-state index is 14.1. The molecular formula is C31H29N3O5S. The summed E-state index contributed by atoms with van der Waals surface area (Å²) in [5.41, 5.74) is 2.27. The fraction of sp³-hybridized carbons (Fsp3) is 0.226. The fourth-order valence-corrected chi connectivity index (χ4v) is 6.20. The number of aromatic carboxylic acids is 1. The molecule has 8 nitrogen and oxygen atoms in total. The topological polar surface area (TPSA) is 101 Å². The van der Waals surface area contributed by atoms with Crippen LogP contribution in [-0.4, -0.2) is 46.6 Å². The number of hydrogen-bond donors (Lipinski definition) is 1. The lowest BCUT2D eigenvalue weighted by atomic mass is 9.90. The van der Waals surface area contributed by atoms with Crippen LogP contribution < -0.4 is 19.6 Å². The molecular weight excluding hydrogens is 526 g/mol. The van der Waals surface area contributed by atoms with Gasteiger partial charge >= 0.3 is 5.97 Å². The van der Waals surface area contributed by atoms with E-state index in [2.05, 4.69) is 0 Å². The number of likely N-dealkylation sites (N-methyl/N-ethyl adjacent to an activating group) is 1. The van der Waals surface area contributed by atoms with Gasteiger partial charge in [0, 0.05) is 18.7 Å². The molecule has 1 amide bonds. The normalized spacial score (nSPS) is 15.1. The first-order valence-corrected chi connectivity index (χ1v) is 13.8. The Bertz CT molecular complexity index is 1850. The van der Waals surface area contributed by atoms with Crippen LogP contribution in [0, 0.1) is 0 Å². The molecule has 0 spiro atoms. The standard InChI is InChI=1S/C31H29N3O5S/c1-5-33(6-2)29(36)25-18(3)32-31-34(27(25)26-22-10-8-7-9-20(22)15-16-23(26)39-4)28(35)24(40-31)17-19-11-13-21(14-12-19)30(37)38/h7-17,27H,5-6H2,1-4H3,(H,37,38)/b24-17-. The first-order valence-electron chi connectivity index (χ1n) is 13.0. The van der Waals surface area contributed by atoms with Gasteiger partial charge in [0.1, 0.15) is 11.8 Å². The summed E-state index contributed by atoms with van der Waals surface area (Å²) in [5, 5.41) is 11.1. The van der Waals surface area contributed by atoms with E-state index in [9.17, 15) is 19.5 Å². The van der Waals surface area contributed by atoms with Gasteiger partial charge in [-0.2, -0.15) is 0 Å². The lowest BCUT2D eigenvalue weighted by Gasteiger charge is -2.30. The molecule has 3 aromatic carbocycles. The van der Waals surface area contributed by atoms with Gasteiger partial charge in [0.2, 0.25) is 0 Å². The molecule has 1 aliphatic rings. The maximum Gasteiger partial charge on any atom is 0.335 e. The van der Waals surface area contributed by atoms with Gasteiger partial charge in [0.25, 0.3) is 11.5 Å². The van der Waals surface area contributed by atoms with Gasteiger partial charge in [-0.15, -0.1) is 0 Å². The lowest BCUT2D eigenvalue weighted by molar-refractivity contribution is -0.127. The Morgan fingerprint density at radius 2 is 1.77 bits per heavy atom. The van der Waals surface area contributed by atoms with Crippen LogP contribution >= 0.6 is 11.3 Å². The summed E-state index contributed by atoms with van der Waals surface area (Å²) in [4.78, 5) is 46.3. The number of carbonyl (C=O) groups excluding carboxylic acids is 1. The number of carboxylic acid groups (broad SMARTS) is 1. The number of nitrogens with zero attached hydrogens (tertiary/aromatic N) is 3. The number of rotatable bonds is 7. The van der Waals surface area contributed by atoms with E-state index >= 15 is 0 Å². The number of thiazole rings is 1. The molecule has 0 bridgehead atoms. The van der Waals surface area contributed by atoms with E-state index in [1.807, 2.05) is 57.2 Å². The molecule has 1 unspecified atom stereocenters. The number of aromatic nitrogens is 1. The molecule has 9 heteroatoms. The summed E-state index contributed by atoms with van der Waals surface area (Å²) < 4.78 is 7.84. The SMILES string of the molecule is CCN(CC)C(=O)C1=C(C)N=c2s/c(=C\c3ccc(C(=O)O)cc3)c(=O)n2C1c1c(OC)ccc2ccccc12. The number of ether oxygens (including phenoxy) is 1. The highest BCUT2D eigenvalue weighted by Gasteiger charge is 2.36. The van der Waals surface area contributed by atoms with Crippen LogP contribution in [0.4, 0.5) is 0 Å². The average Bonchev–Trinajstić information content (AvgIpc) is 3.26. The summed E-state index contributed by atoms with van der Waals surface area (Å²) in [6, 6.07) is 17.2. The van der Waals surface area contributed by atoms with Crippen molar-refractivity contribution in [3.05, 3.63) is 108 Å². The summed E-state index contributed by atoms with van der Waals surface area (Å²) >= 11 is 1.23. The smallest absolute Gasteiger partial charge is 0.335 e. The van der Waals surface area contributed by atoms with Gasteiger partial charge < -0.3 is 14.7 Å². The predicted octanol–water partition coefficient (Wildman–Crippen LogP) is 3.96. The van der Waals surface area contributed by atoms with Gasteiger partial charge in [-0.3, -0.25) is 14.2 Å². The molecule has 1 aromatic heterocycles. The second-order valence-corrected chi connectivity index (χ2v) is 10.4. The van der Waals surface area contributed by atoms with Crippen LogP contribution in [0.1, 0.15) is 48.3 Å². The Kier molecular flexibility index (Phi) is 7.40. The van der Waals surface area contributed by atoms with E-state index in [1.54, 1.807) is 34.8 Å². The third-order valence-corrected chi connectivity index (χ3v) is 8.17. The van der Waals surface area contributed by atoms with Crippen LogP contribution in [0.25, 0.3) is 16.8 Å². The van der Waals surface area contributed by atoms with Crippen molar-refractivity contribution in [2.75, 3.05) is 20.2 Å². The zero-order chi connectivity index (χ0) is 28.6. The number of allylic oxidation sites excluding steroid dienone is 1. The Balaban J connectivity index is 1.81. The van der Waals surface area contributed by atoms with Crippen molar-refractivity contribution in [1.82, 2.24) is 9.47 Å². The second kappa shape index (κ2) is 10.9. The van der Waals surface area contributed by atoms with Gasteiger partial charge in [0.05, 0.1) is 28.5 Å². The summed E-state index contributed by atoms with van der Waals surface area (Å²) in [6.07, 6.45) is 1.72. The van der Waals surface area contributed by atoms with Gasteiger partial charge in [-0.1, -0.05) is 53.8 Å². The maximum absolute atomic E-state index is 14.1. The minimum Gasteiger partial charge on any atom is -0.496 e. The Hall–Kier alpha value is -4.50. The van der Waals surface area contributed by atoms with E-state index in [1.165, 1.54) is 23.5 Å². The molecule has 1 atom stereocenters. The lowest BCUT2D eigenvalue weighted by Crippen LogP contribution is -2.43. The van der Waals surface area contributed by atoms with Crippen molar-refractivity contribution < 1.29 is 19.4 Å². The third kappa shape index (κ3) is 4.62. The van der Waals surface area contributed by atoms with Crippen LogP contribution in [0.2, 0.25) is 0 Å². The number of carboxylic acids is 1. The summed E-state index contributed by atoms with van der Waals surface area (Å²) in [6.45, 7) is 6.69. The van der Waals surface area contributed by atoms with E-state index in [-0.39, 0.29) is 17.0 Å². The van der Waals surface area contributed by atoms with Gasteiger partial charge in [-0.25, -0.2) is 9.79 Å². The quantitative estimate of drug-likeness (QED) is 0.372. The monoisotopic (exact) mass is 555 g/mol. The number of amides is 1. The number of methoxy groups -OCH3 is 1. The number of benzene rings is 3. The highest BCUT2D eigenvalue weighted by atomic mass is 32.1. The summed E-state index contributed by atoms with van der Waals surface area (Å²) in [7, 11) is 1.58. The predicted molar refractivity (Wildman–Crippen MR) is 156 cm³/mol. The molecule has 0 radical (unpaired) electrons. The molecule has 0 saturated heterocycles. The van der Waals surface area contributed by atoms with Crippen molar-refractivity contribution in [3.63, 3.8) is 0 Å². The van der Waals surface area contributed by atoms with E-state index in [4.69, 9.17) is 9.73 Å². The largest absolute Gasteiger partial charge is 0.496 e. The molecule has 204 valence electrons.